The van der Waals surface area contributed by atoms with Crippen molar-refractivity contribution in [1.29, 1.82) is 0 Å². The van der Waals surface area contributed by atoms with Crippen molar-refractivity contribution in [2.45, 2.75) is 42.8 Å². The summed E-state index contributed by atoms with van der Waals surface area (Å²) in [5.74, 6) is 1.55. The molecule has 0 radical (unpaired) electrons. The first-order valence-electron chi connectivity index (χ1n) is 20.1. The zero-order valence-electron chi connectivity index (χ0n) is 38.5. The van der Waals surface area contributed by atoms with Gasteiger partial charge in [0.05, 0.1) is 61.3 Å². The van der Waals surface area contributed by atoms with Gasteiger partial charge in [0, 0.05) is 47.0 Å². The number of esters is 3. The lowest BCUT2D eigenvalue weighted by Crippen LogP contribution is -2.14. The number of nitrogens with zero attached hydrogens (tertiary/aromatic N) is 3. The quantitative estimate of drug-likeness (QED) is 0.0213. The van der Waals surface area contributed by atoms with Crippen molar-refractivity contribution in [2.24, 2.45) is 17.8 Å². The number of hydrogen-bond donors (Lipinski definition) is 2. The maximum atomic E-state index is 11.9. The summed E-state index contributed by atoms with van der Waals surface area (Å²) in [7, 11) is 11.4. The van der Waals surface area contributed by atoms with Crippen molar-refractivity contribution < 1.29 is 42.9 Å². The number of ether oxygens (including phenoxy) is 4. The van der Waals surface area contributed by atoms with Crippen LogP contribution in [0, 0.1) is 24.7 Å². The van der Waals surface area contributed by atoms with E-state index in [9.17, 15) is 24.0 Å². The van der Waals surface area contributed by atoms with E-state index in [0.29, 0.717) is 28.4 Å². The van der Waals surface area contributed by atoms with Crippen LogP contribution in [0.1, 0.15) is 47.1 Å². The van der Waals surface area contributed by atoms with Crippen molar-refractivity contribution in [3.8, 4) is 5.75 Å². The highest BCUT2D eigenvalue weighted by molar-refractivity contribution is 8.82. The third kappa shape index (κ3) is 29.0. The minimum atomic E-state index is -0.259. The van der Waals surface area contributed by atoms with Gasteiger partial charge in [-0.3, -0.25) is 24.0 Å². The Hall–Kier alpha value is -3.76. The fraction of sp³-hybridized carbons (Fsp3) is 0.319. The Morgan fingerprint density at radius 3 is 1.39 bits per heavy atom. The molecule has 3 unspecified atom stereocenters. The van der Waals surface area contributed by atoms with Crippen LogP contribution in [0.4, 0.5) is 0 Å². The molecular formula is C47H57N3O9S8. The molecule has 362 valence electrons. The summed E-state index contributed by atoms with van der Waals surface area (Å²) in [6.45, 7) is 7.39. The van der Waals surface area contributed by atoms with Gasteiger partial charge < -0.3 is 18.9 Å². The van der Waals surface area contributed by atoms with Gasteiger partial charge >= 0.3 is 17.9 Å². The Labute approximate surface area is 430 Å². The molecule has 3 atom stereocenters. The highest BCUT2D eigenvalue weighted by Gasteiger charge is 2.16. The fourth-order valence-corrected chi connectivity index (χ4v) is 10.6. The van der Waals surface area contributed by atoms with Gasteiger partial charge in [-0.15, -0.1) is 12.6 Å². The average molecular weight is 1060 g/mol. The number of carbonyl (C=O) groups is 5. The standard InChI is InChI=1S/C13H16O4S2.C11H10N2S2.C10H13NO2S2.C8H8OS.C5H10O2S/c1-9(12(14)17-3)8-18-19-13(15)10-4-6-11(16-2)7-5-10;1-3-7-12-10(5-1)14-9-15-11-6-2-4-8-13-11;1-8(10(12)13-2)7-14-15-9-5-3-4-6-11-9;1-6-2-4-7(5-3-6)8(9)10;1-4(3-8)5(6)7-2/h4-7,9H,8H2,1-3H3;1-8H,9H2;3-6,8H,7H2,1-2H3;2-5H,1H3,(H,9,10);4,8H,3H2,1-2H3. The van der Waals surface area contributed by atoms with Crippen LogP contribution in [0.2, 0.25) is 0 Å². The van der Waals surface area contributed by atoms with Crippen LogP contribution < -0.4 is 4.74 Å². The summed E-state index contributed by atoms with van der Waals surface area (Å²) < 4.78 is 18.7. The second kappa shape index (κ2) is 38.1. The van der Waals surface area contributed by atoms with Gasteiger partial charge in [-0.2, -0.15) is 12.6 Å². The van der Waals surface area contributed by atoms with E-state index in [2.05, 4.69) is 54.4 Å². The Kier molecular flexibility index (Phi) is 34.9. The van der Waals surface area contributed by atoms with E-state index in [0.717, 1.165) is 42.3 Å². The van der Waals surface area contributed by atoms with Gasteiger partial charge in [0.25, 0.3) is 0 Å². The fourth-order valence-electron chi connectivity index (χ4n) is 4.08. The van der Waals surface area contributed by atoms with Crippen LogP contribution in [0.25, 0.3) is 0 Å². The van der Waals surface area contributed by atoms with E-state index in [4.69, 9.17) is 4.74 Å². The van der Waals surface area contributed by atoms with Crippen LogP contribution in [0.15, 0.2) is 137 Å². The Balaban J connectivity index is 0.000000431. The third-order valence-electron chi connectivity index (χ3n) is 7.95. The number of benzene rings is 2. The number of pyridine rings is 3. The normalized spacial score (nSPS) is 11.3. The van der Waals surface area contributed by atoms with E-state index in [1.165, 1.54) is 32.1 Å². The van der Waals surface area contributed by atoms with Crippen LogP contribution >= 0.6 is 92.0 Å². The monoisotopic (exact) mass is 1060 g/mol. The lowest BCUT2D eigenvalue weighted by molar-refractivity contribution is -0.144. The predicted octanol–water partition coefficient (Wildman–Crippen LogP) is 11.8. The number of methoxy groups -OCH3 is 4. The molecule has 3 aromatic heterocycles. The molecule has 0 amide bonds. The molecule has 5 aromatic rings. The van der Waals surface area contributed by atoms with Gasteiger partial charge in [0.2, 0.25) is 10.2 Å². The molecule has 5 rings (SSSR count). The summed E-state index contributed by atoms with van der Waals surface area (Å²) >= 11 is 11.0. The summed E-state index contributed by atoms with van der Waals surface area (Å²) in [5, 5.41) is 3.79. The first kappa shape index (κ1) is 61.3. The van der Waals surface area contributed by atoms with E-state index >= 15 is 0 Å². The molecule has 0 aliphatic carbocycles. The molecule has 0 N–H and O–H groups in total. The first-order valence-corrected chi connectivity index (χ1v) is 27.8. The number of hydrogen-bond acceptors (Lipinski definition) is 19. The summed E-state index contributed by atoms with van der Waals surface area (Å²) in [5.41, 5.74) is 2.41. The number of rotatable bonds is 18. The second-order valence-electron chi connectivity index (χ2n) is 13.3. The summed E-state index contributed by atoms with van der Waals surface area (Å²) in [6.07, 6.45) is 5.38. The number of thiol groups is 2. The SMILES string of the molecule is COC(=O)C(C)CS.COC(=O)C(C)CSSC(=O)c1ccc(OC)cc1.COC(=O)C(C)CSSc1ccccn1.Cc1ccc(C(=O)S)cc1.c1ccc(SCSc2ccccn2)nc1. The molecule has 67 heavy (non-hydrogen) atoms. The van der Waals surface area contributed by atoms with Gasteiger partial charge in [-0.25, -0.2) is 15.0 Å². The van der Waals surface area contributed by atoms with Crippen molar-refractivity contribution in [1.82, 2.24) is 15.0 Å². The average Bonchev–Trinajstić information content (AvgIpc) is 3.37. The molecule has 3 heterocycles. The maximum Gasteiger partial charge on any atom is 0.309 e. The Morgan fingerprint density at radius 2 is 1.00 bits per heavy atom. The Morgan fingerprint density at radius 1 is 0.567 bits per heavy atom. The molecule has 0 aliphatic heterocycles. The van der Waals surface area contributed by atoms with Gasteiger partial charge in [0.15, 0.2) is 0 Å². The minimum absolute atomic E-state index is 0.0373. The number of carbonyl (C=O) groups excluding carboxylic acids is 5. The lowest BCUT2D eigenvalue weighted by Gasteiger charge is -2.07. The summed E-state index contributed by atoms with van der Waals surface area (Å²) in [6, 6.07) is 31.9. The van der Waals surface area contributed by atoms with Crippen LogP contribution in [-0.4, -0.2) is 93.9 Å². The van der Waals surface area contributed by atoms with Crippen molar-refractivity contribution in [2.75, 3.05) is 50.8 Å². The van der Waals surface area contributed by atoms with Crippen LogP contribution in [0.5, 0.6) is 5.75 Å². The largest absolute Gasteiger partial charge is 0.497 e. The molecule has 0 spiro atoms. The smallest absolute Gasteiger partial charge is 0.309 e. The van der Waals surface area contributed by atoms with E-state index < -0.39 is 0 Å². The van der Waals surface area contributed by atoms with Gasteiger partial charge in [-0.05, 0) is 89.2 Å². The van der Waals surface area contributed by atoms with Gasteiger partial charge in [0.1, 0.15) is 10.8 Å². The third-order valence-corrected chi connectivity index (χ3v) is 15.6. The molecular weight excluding hydrogens is 1010 g/mol. The molecule has 20 heteroatoms. The number of aryl methyl sites for hydroxylation is 1. The number of thioether (sulfide) groups is 2. The van der Waals surface area contributed by atoms with Crippen molar-refractivity contribution in [3.63, 3.8) is 0 Å². The first-order chi connectivity index (χ1) is 32.2. The molecule has 0 aliphatic rings. The van der Waals surface area contributed by atoms with Crippen molar-refractivity contribution >= 4 is 120 Å². The van der Waals surface area contributed by atoms with E-state index in [1.54, 1.807) is 109 Å². The van der Waals surface area contributed by atoms with E-state index in [1.807, 2.05) is 93.0 Å². The maximum absolute atomic E-state index is 11.9. The molecule has 0 saturated heterocycles. The Bertz CT molecular complexity index is 2090. The highest BCUT2D eigenvalue weighted by Crippen LogP contribution is 2.31. The highest BCUT2D eigenvalue weighted by atomic mass is 33.1. The zero-order valence-corrected chi connectivity index (χ0v) is 45.2. The molecule has 2 aromatic carbocycles. The molecule has 0 fully saturated rings. The molecule has 12 nitrogen and oxygen atoms in total. The summed E-state index contributed by atoms with van der Waals surface area (Å²) in [4.78, 5) is 67.9. The molecule has 0 saturated carbocycles. The van der Waals surface area contributed by atoms with Gasteiger partial charge in [-0.1, -0.05) is 114 Å². The number of aromatic nitrogens is 3. The lowest BCUT2D eigenvalue weighted by atomic mass is 10.2. The van der Waals surface area contributed by atoms with Crippen LogP contribution in [0.3, 0.4) is 0 Å². The van der Waals surface area contributed by atoms with Crippen molar-refractivity contribution in [3.05, 3.63) is 138 Å². The minimum Gasteiger partial charge on any atom is -0.497 e. The second-order valence-corrected chi connectivity index (χ2v) is 21.1. The van der Waals surface area contributed by atoms with E-state index in [-0.39, 0.29) is 45.9 Å². The molecule has 0 bridgehead atoms. The zero-order chi connectivity index (χ0) is 49.8. The van der Waals surface area contributed by atoms with Crippen LogP contribution in [-0.2, 0) is 28.6 Å². The topological polar surface area (TPSA) is 161 Å². The predicted molar refractivity (Wildman–Crippen MR) is 287 cm³/mol.